The average Bonchev–Trinajstić information content (AvgIpc) is 2.69. The summed E-state index contributed by atoms with van der Waals surface area (Å²) in [5, 5.41) is 4.40. The summed E-state index contributed by atoms with van der Waals surface area (Å²) in [4.78, 5) is 4.02. The van der Waals surface area contributed by atoms with Crippen LogP contribution in [-0.2, 0) is 11.3 Å². The molecule has 0 fully saturated rings. The standard InChI is InChI=1S/C12H14FN3O/c1-9-8-16(5-6-17-2)15-12(9)11-4-3-10(13)7-14-11/h3-4,7-8H,5-6H2,1-2H3. The summed E-state index contributed by atoms with van der Waals surface area (Å²) in [7, 11) is 1.65. The molecule has 0 aliphatic rings. The van der Waals surface area contributed by atoms with E-state index in [2.05, 4.69) is 10.1 Å². The highest BCUT2D eigenvalue weighted by atomic mass is 19.1. The third kappa shape index (κ3) is 2.68. The van der Waals surface area contributed by atoms with E-state index in [1.54, 1.807) is 17.9 Å². The molecule has 0 saturated heterocycles. The fraction of sp³-hybridized carbons (Fsp3) is 0.333. The van der Waals surface area contributed by atoms with Crippen LogP contribution in [0.4, 0.5) is 4.39 Å². The molecule has 4 nitrogen and oxygen atoms in total. The number of aromatic nitrogens is 3. The van der Waals surface area contributed by atoms with E-state index in [1.165, 1.54) is 12.3 Å². The van der Waals surface area contributed by atoms with Crippen LogP contribution in [0.1, 0.15) is 5.56 Å². The van der Waals surface area contributed by atoms with E-state index in [4.69, 9.17) is 4.74 Å². The molecule has 2 aromatic rings. The van der Waals surface area contributed by atoms with E-state index in [0.717, 1.165) is 11.3 Å². The Hall–Kier alpha value is -1.75. The Bertz CT molecular complexity index is 493. The summed E-state index contributed by atoms with van der Waals surface area (Å²) >= 11 is 0. The first-order chi connectivity index (χ1) is 8.20. The number of ether oxygens (including phenoxy) is 1. The second kappa shape index (κ2) is 5.05. The molecule has 0 aromatic carbocycles. The van der Waals surface area contributed by atoms with Crippen LogP contribution in [0.2, 0.25) is 0 Å². The zero-order valence-electron chi connectivity index (χ0n) is 9.85. The molecule has 0 aliphatic heterocycles. The topological polar surface area (TPSA) is 39.9 Å². The van der Waals surface area contributed by atoms with Crippen molar-refractivity contribution in [2.45, 2.75) is 13.5 Å². The minimum absolute atomic E-state index is 0.342. The van der Waals surface area contributed by atoms with Gasteiger partial charge in [0, 0.05) is 13.3 Å². The van der Waals surface area contributed by atoms with Crippen molar-refractivity contribution in [1.29, 1.82) is 0 Å². The zero-order chi connectivity index (χ0) is 12.3. The molecule has 2 aromatic heterocycles. The van der Waals surface area contributed by atoms with Crippen LogP contribution in [0.25, 0.3) is 11.4 Å². The van der Waals surface area contributed by atoms with Crippen LogP contribution in [0.3, 0.4) is 0 Å². The first-order valence-electron chi connectivity index (χ1n) is 5.35. The van der Waals surface area contributed by atoms with E-state index in [1.807, 2.05) is 13.1 Å². The fourth-order valence-corrected chi connectivity index (χ4v) is 1.59. The van der Waals surface area contributed by atoms with Gasteiger partial charge in [0.15, 0.2) is 0 Å². The lowest BCUT2D eigenvalue weighted by molar-refractivity contribution is 0.183. The van der Waals surface area contributed by atoms with Crippen molar-refractivity contribution >= 4 is 0 Å². The molecule has 2 rings (SSSR count). The monoisotopic (exact) mass is 235 g/mol. The number of pyridine rings is 1. The van der Waals surface area contributed by atoms with Gasteiger partial charge in [-0.15, -0.1) is 0 Å². The van der Waals surface area contributed by atoms with Gasteiger partial charge in [0.1, 0.15) is 11.5 Å². The van der Waals surface area contributed by atoms with Crippen molar-refractivity contribution in [3.63, 3.8) is 0 Å². The molecule has 5 heteroatoms. The first-order valence-corrected chi connectivity index (χ1v) is 5.35. The second-order valence-electron chi connectivity index (χ2n) is 3.78. The molecule has 0 spiro atoms. The van der Waals surface area contributed by atoms with Crippen LogP contribution in [0.5, 0.6) is 0 Å². The smallest absolute Gasteiger partial charge is 0.141 e. The molecule has 90 valence electrons. The number of aryl methyl sites for hydroxylation is 1. The lowest BCUT2D eigenvalue weighted by atomic mass is 10.2. The van der Waals surface area contributed by atoms with Crippen molar-refractivity contribution in [2.75, 3.05) is 13.7 Å². The third-order valence-corrected chi connectivity index (χ3v) is 2.44. The predicted molar refractivity (Wildman–Crippen MR) is 62.0 cm³/mol. The minimum atomic E-state index is -0.342. The Balaban J connectivity index is 2.26. The lowest BCUT2D eigenvalue weighted by Gasteiger charge is -1.99. The number of rotatable bonds is 4. The van der Waals surface area contributed by atoms with Crippen molar-refractivity contribution < 1.29 is 9.13 Å². The van der Waals surface area contributed by atoms with Gasteiger partial charge in [0.05, 0.1) is 25.0 Å². The molecule has 0 saturated carbocycles. The molecule has 0 radical (unpaired) electrons. The van der Waals surface area contributed by atoms with Crippen molar-refractivity contribution in [3.05, 3.63) is 35.9 Å². The maximum absolute atomic E-state index is 12.8. The van der Waals surface area contributed by atoms with Crippen LogP contribution in [0, 0.1) is 12.7 Å². The maximum Gasteiger partial charge on any atom is 0.141 e. The minimum Gasteiger partial charge on any atom is -0.383 e. The van der Waals surface area contributed by atoms with E-state index in [9.17, 15) is 4.39 Å². The zero-order valence-corrected chi connectivity index (χ0v) is 9.85. The summed E-state index contributed by atoms with van der Waals surface area (Å²) < 4.78 is 19.6. The van der Waals surface area contributed by atoms with Crippen molar-refractivity contribution in [3.8, 4) is 11.4 Å². The quantitative estimate of drug-likeness (QED) is 0.814. The van der Waals surface area contributed by atoms with Crippen molar-refractivity contribution in [1.82, 2.24) is 14.8 Å². The summed E-state index contributed by atoms with van der Waals surface area (Å²) in [6, 6.07) is 3.02. The number of methoxy groups -OCH3 is 1. The average molecular weight is 235 g/mol. The van der Waals surface area contributed by atoms with Gasteiger partial charge in [-0.3, -0.25) is 9.67 Å². The van der Waals surface area contributed by atoms with Gasteiger partial charge in [-0.2, -0.15) is 5.10 Å². The highest BCUT2D eigenvalue weighted by molar-refractivity contribution is 5.57. The Morgan fingerprint density at radius 1 is 1.41 bits per heavy atom. The molecule has 2 heterocycles. The second-order valence-corrected chi connectivity index (χ2v) is 3.78. The van der Waals surface area contributed by atoms with Crippen LogP contribution in [0.15, 0.2) is 24.5 Å². The van der Waals surface area contributed by atoms with Gasteiger partial charge in [-0.1, -0.05) is 0 Å². The van der Waals surface area contributed by atoms with Gasteiger partial charge < -0.3 is 4.74 Å². The molecular weight excluding hydrogens is 221 g/mol. The van der Waals surface area contributed by atoms with E-state index < -0.39 is 0 Å². The van der Waals surface area contributed by atoms with Crippen LogP contribution < -0.4 is 0 Å². The summed E-state index contributed by atoms with van der Waals surface area (Å²) in [5.41, 5.74) is 2.47. The normalized spacial score (nSPS) is 10.8. The Morgan fingerprint density at radius 3 is 2.88 bits per heavy atom. The molecule has 0 atom stereocenters. The van der Waals surface area contributed by atoms with Crippen LogP contribution in [-0.4, -0.2) is 28.5 Å². The van der Waals surface area contributed by atoms with E-state index in [0.29, 0.717) is 18.8 Å². The highest BCUT2D eigenvalue weighted by Gasteiger charge is 2.08. The van der Waals surface area contributed by atoms with Gasteiger partial charge in [0.25, 0.3) is 0 Å². The Kier molecular flexibility index (Phi) is 3.49. The molecule has 17 heavy (non-hydrogen) atoms. The number of nitrogens with zero attached hydrogens (tertiary/aromatic N) is 3. The molecule has 0 bridgehead atoms. The summed E-state index contributed by atoms with van der Waals surface area (Å²) in [6.45, 7) is 3.26. The lowest BCUT2D eigenvalue weighted by Crippen LogP contribution is -2.04. The Morgan fingerprint density at radius 2 is 2.24 bits per heavy atom. The van der Waals surface area contributed by atoms with Crippen molar-refractivity contribution in [2.24, 2.45) is 0 Å². The van der Waals surface area contributed by atoms with E-state index >= 15 is 0 Å². The third-order valence-electron chi connectivity index (χ3n) is 2.44. The predicted octanol–water partition coefficient (Wildman–Crippen LogP) is 2.04. The highest BCUT2D eigenvalue weighted by Crippen LogP contribution is 2.18. The maximum atomic E-state index is 12.8. The number of hydrogen-bond donors (Lipinski definition) is 0. The van der Waals surface area contributed by atoms with Gasteiger partial charge in [0.2, 0.25) is 0 Å². The molecule has 0 unspecified atom stereocenters. The largest absolute Gasteiger partial charge is 0.383 e. The van der Waals surface area contributed by atoms with E-state index in [-0.39, 0.29) is 5.82 Å². The number of halogens is 1. The summed E-state index contributed by atoms with van der Waals surface area (Å²) in [6.07, 6.45) is 3.13. The molecule has 0 N–H and O–H groups in total. The first kappa shape index (κ1) is 11.7. The SMILES string of the molecule is COCCn1cc(C)c(-c2ccc(F)cn2)n1. The summed E-state index contributed by atoms with van der Waals surface area (Å²) in [5.74, 6) is -0.342. The van der Waals surface area contributed by atoms with Gasteiger partial charge in [-0.25, -0.2) is 4.39 Å². The van der Waals surface area contributed by atoms with Gasteiger partial charge >= 0.3 is 0 Å². The van der Waals surface area contributed by atoms with Crippen LogP contribution >= 0.6 is 0 Å². The fourth-order valence-electron chi connectivity index (χ4n) is 1.59. The molecule has 0 amide bonds. The number of hydrogen-bond acceptors (Lipinski definition) is 3. The Labute approximate surface area is 99.1 Å². The molecular formula is C12H14FN3O. The molecule has 0 aliphatic carbocycles. The van der Waals surface area contributed by atoms with Gasteiger partial charge in [-0.05, 0) is 24.6 Å².